The maximum atomic E-state index is 10.8. The molecule has 20 heavy (non-hydrogen) atoms. The monoisotopic (exact) mass is 294 g/mol. The van der Waals surface area contributed by atoms with Crippen molar-refractivity contribution in [3.8, 4) is 0 Å². The highest BCUT2D eigenvalue weighted by Crippen LogP contribution is 2.23. The first kappa shape index (κ1) is 13.9. The largest absolute Gasteiger partial charge is 0.476 e. The van der Waals surface area contributed by atoms with Gasteiger partial charge in [-0.2, -0.15) is 0 Å². The van der Waals surface area contributed by atoms with E-state index < -0.39 is 10.9 Å². The average molecular weight is 294 g/mol. The van der Waals surface area contributed by atoms with Crippen molar-refractivity contribution in [2.75, 3.05) is 5.32 Å². The molecule has 0 aliphatic carbocycles. The lowest BCUT2D eigenvalue weighted by Crippen LogP contribution is -2.08. The van der Waals surface area contributed by atoms with Gasteiger partial charge in [-0.3, -0.25) is 10.1 Å². The Balaban J connectivity index is 2.14. The van der Waals surface area contributed by atoms with Gasteiger partial charge in [0, 0.05) is 17.6 Å². The highest BCUT2D eigenvalue weighted by Gasteiger charge is 2.15. The molecule has 2 aromatic heterocycles. The molecule has 0 radical (unpaired) electrons. The van der Waals surface area contributed by atoms with Crippen LogP contribution in [-0.2, 0) is 0 Å². The third-order valence-corrected chi connectivity index (χ3v) is 3.46. The molecule has 2 heterocycles. The fourth-order valence-corrected chi connectivity index (χ4v) is 2.28. The second-order valence-electron chi connectivity index (χ2n) is 3.90. The number of nitrogens with zero attached hydrogens (tertiary/aromatic N) is 3. The molecule has 0 saturated heterocycles. The van der Waals surface area contributed by atoms with E-state index in [0.29, 0.717) is 10.8 Å². The van der Waals surface area contributed by atoms with Gasteiger partial charge in [0.05, 0.1) is 17.0 Å². The number of hydrogen-bond donors (Lipinski definition) is 2. The molecule has 2 N–H and O–H groups in total. The van der Waals surface area contributed by atoms with Crippen molar-refractivity contribution in [1.82, 2.24) is 9.97 Å². The fourth-order valence-electron chi connectivity index (χ4n) is 1.48. The van der Waals surface area contributed by atoms with E-state index in [-0.39, 0.29) is 17.4 Å². The van der Waals surface area contributed by atoms with Crippen LogP contribution in [0.15, 0.2) is 23.7 Å². The van der Waals surface area contributed by atoms with E-state index in [4.69, 9.17) is 5.11 Å². The number of nitrogens with one attached hydrogen (secondary N) is 1. The Kier molecular flexibility index (Phi) is 3.89. The van der Waals surface area contributed by atoms with Crippen molar-refractivity contribution < 1.29 is 14.8 Å². The summed E-state index contributed by atoms with van der Waals surface area (Å²) >= 11 is 1.20. The summed E-state index contributed by atoms with van der Waals surface area (Å²) in [5, 5.41) is 24.4. The summed E-state index contributed by atoms with van der Waals surface area (Å²) in [5.74, 6) is -0.757. The van der Waals surface area contributed by atoms with Gasteiger partial charge in [0.25, 0.3) is 5.69 Å². The van der Waals surface area contributed by atoms with Crippen molar-refractivity contribution in [3.63, 3.8) is 0 Å². The molecule has 2 rings (SSSR count). The summed E-state index contributed by atoms with van der Waals surface area (Å²) in [6.07, 6.45) is 1.33. The van der Waals surface area contributed by atoms with E-state index >= 15 is 0 Å². The number of nitro groups is 1. The fraction of sp³-hybridized carbons (Fsp3) is 0.182. The van der Waals surface area contributed by atoms with Crippen LogP contribution in [-0.4, -0.2) is 26.0 Å². The van der Waals surface area contributed by atoms with Gasteiger partial charge >= 0.3 is 5.97 Å². The highest BCUT2D eigenvalue weighted by molar-refractivity contribution is 7.09. The van der Waals surface area contributed by atoms with Crippen LogP contribution >= 0.6 is 11.3 Å². The van der Waals surface area contributed by atoms with Crippen LogP contribution in [0.1, 0.15) is 28.5 Å². The highest BCUT2D eigenvalue weighted by atomic mass is 32.1. The lowest BCUT2D eigenvalue weighted by Gasteiger charge is -2.11. The Bertz CT molecular complexity index is 657. The quantitative estimate of drug-likeness (QED) is 0.641. The van der Waals surface area contributed by atoms with Crippen LogP contribution in [0, 0.1) is 10.1 Å². The molecule has 1 unspecified atom stereocenters. The van der Waals surface area contributed by atoms with Crippen molar-refractivity contribution >= 4 is 28.8 Å². The summed E-state index contributed by atoms with van der Waals surface area (Å²) in [5.41, 5.74) is -0.0919. The van der Waals surface area contributed by atoms with Gasteiger partial charge in [-0.05, 0) is 6.92 Å². The van der Waals surface area contributed by atoms with Gasteiger partial charge < -0.3 is 10.4 Å². The Morgan fingerprint density at radius 2 is 2.35 bits per heavy atom. The maximum Gasteiger partial charge on any atom is 0.355 e. The zero-order valence-corrected chi connectivity index (χ0v) is 11.1. The Morgan fingerprint density at radius 3 is 2.95 bits per heavy atom. The molecule has 0 fully saturated rings. The normalized spacial score (nSPS) is 11.8. The predicted octanol–water partition coefficient (Wildman–Crippen LogP) is 2.32. The van der Waals surface area contributed by atoms with E-state index in [0.717, 1.165) is 0 Å². The van der Waals surface area contributed by atoms with Crippen molar-refractivity contribution in [3.05, 3.63) is 44.5 Å². The second-order valence-corrected chi connectivity index (χ2v) is 4.79. The van der Waals surface area contributed by atoms with E-state index in [2.05, 4.69) is 15.3 Å². The second kappa shape index (κ2) is 5.61. The topological polar surface area (TPSA) is 118 Å². The average Bonchev–Trinajstić information content (AvgIpc) is 2.88. The first-order chi connectivity index (χ1) is 9.47. The third-order valence-electron chi connectivity index (χ3n) is 2.43. The summed E-state index contributed by atoms with van der Waals surface area (Å²) in [6.45, 7) is 1.77. The molecule has 104 valence electrons. The smallest absolute Gasteiger partial charge is 0.355 e. The van der Waals surface area contributed by atoms with Crippen molar-refractivity contribution in [1.29, 1.82) is 0 Å². The maximum absolute atomic E-state index is 10.8. The van der Waals surface area contributed by atoms with Crippen LogP contribution in [0.25, 0.3) is 0 Å². The first-order valence-electron chi connectivity index (χ1n) is 5.53. The summed E-state index contributed by atoms with van der Waals surface area (Å²) < 4.78 is 0. The summed E-state index contributed by atoms with van der Waals surface area (Å²) in [7, 11) is 0. The van der Waals surface area contributed by atoms with Gasteiger partial charge in [0.1, 0.15) is 10.8 Å². The van der Waals surface area contributed by atoms with Gasteiger partial charge in [0.15, 0.2) is 5.69 Å². The standard InChI is InChI=1S/C11H10N4O4S/c1-6(10-14-8(5-20-10)11(16)17)13-9-4-7(15(18)19)2-3-12-9/h2-6H,1H3,(H,12,13)(H,16,17). The molecule has 0 aliphatic rings. The molecule has 8 nitrogen and oxygen atoms in total. The minimum absolute atomic E-state index is 0.0225. The van der Waals surface area contributed by atoms with E-state index in [9.17, 15) is 14.9 Å². The Morgan fingerprint density at radius 1 is 1.60 bits per heavy atom. The van der Waals surface area contributed by atoms with Crippen LogP contribution < -0.4 is 5.32 Å². The number of rotatable bonds is 5. The van der Waals surface area contributed by atoms with Gasteiger partial charge in [-0.25, -0.2) is 14.8 Å². The van der Waals surface area contributed by atoms with Gasteiger partial charge in [0.2, 0.25) is 0 Å². The molecule has 1 atom stereocenters. The molecule has 0 aromatic carbocycles. The summed E-state index contributed by atoms with van der Waals surface area (Å²) in [6, 6.07) is 2.30. The number of anilines is 1. The first-order valence-corrected chi connectivity index (χ1v) is 6.41. The molecular formula is C11H10N4O4S. The number of carboxylic acids is 1. The molecule has 0 saturated carbocycles. The Hall–Kier alpha value is -2.55. The van der Waals surface area contributed by atoms with Crippen molar-refractivity contribution in [2.24, 2.45) is 0 Å². The van der Waals surface area contributed by atoms with Crippen LogP contribution in [0.5, 0.6) is 0 Å². The van der Waals surface area contributed by atoms with E-state index in [1.165, 1.54) is 35.0 Å². The molecule has 0 spiro atoms. The third kappa shape index (κ3) is 3.06. The zero-order chi connectivity index (χ0) is 14.7. The number of pyridine rings is 1. The van der Waals surface area contributed by atoms with Crippen LogP contribution in [0.4, 0.5) is 11.5 Å². The summed E-state index contributed by atoms with van der Waals surface area (Å²) in [4.78, 5) is 28.8. The lowest BCUT2D eigenvalue weighted by molar-refractivity contribution is -0.384. The minimum atomic E-state index is -1.09. The zero-order valence-electron chi connectivity index (χ0n) is 10.3. The number of aromatic nitrogens is 2. The van der Waals surface area contributed by atoms with E-state index in [1.807, 2.05) is 0 Å². The number of carboxylic acid groups (broad SMARTS) is 1. The SMILES string of the molecule is CC(Nc1cc([N+](=O)[O-])ccn1)c1nc(C(=O)O)cs1. The number of carbonyl (C=O) groups is 1. The molecule has 0 amide bonds. The predicted molar refractivity (Wildman–Crippen MR) is 72.0 cm³/mol. The lowest BCUT2D eigenvalue weighted by atomic mass is 10.3. The van der Waals surface area contributed by atoms with E-state index in [1.54, 1.807) is 6.92 Å². The molecule has 0 bridgehead atoms. The van der Waals surface area contributed by atoms with Gasteiger partial charge in [-0.1, -0.05) is 0 Å². The number of hydrogen-bond acceptors (Lipinski definition) is 7. The molecule has 9 heteroatoms. The Labute approximate surface area is 117 Å². The molecule has 2 aromatic rings. The van der Waals surface area contributed by atoms with Crippen molar-refractivity contribution in [2.45, 2.75) is 13.0 Å². The van der Waals surface area contributed by atoms with Crippen LogP contribution in [0.2, 0.25) is 0 Å². The van der Waals surface area contributed by atoms with Crippen LogP contribution in [0.3, 0.4) is 0 Å². The minimum Gasteiger partial charge on any atom is -0.476 e. The molecular weight excluding hydrogens is 284 g/mol. The molecule has 0 aliphatic heterocycles. The number of thiazole rings is 1. The van der Waals surface area contributed by atoms with Gasteiger partial charge in [-0.15, -0.1) is 11.3 Å². The number of aromatic carboxylic acids is 1.